The Labute approximate surface area is 196 Å². The van der Waals surface area contributed by atoms with Crippen molar-refractivity contribution in [2.24, 2.45) is 4.99 Å². The molecule has 0 aromatic heterocycles. The summed E-state index contributed by atoms with van der Waals surface area (Å²) in [4.78, 5) is 16.1. The highest BCUT2D eigenvalue weighted by Crippen LogP contribution is 2.15. The Kier molecular flexibility index (Phi) is 12.3. The van der Waals surface area contributed by atoms with Crippen LogP contribution in [-0.2, 0) is 19.4 Å². The molecule has 8 nitrogen and oxygen atoms in total. The summed E-state index contributed by atoms with van der Waals surface area (Å²) in [6.45, 7) is 3.79. The van der Waals surface area contributed by atoms with Gasteiger partial charge in [-0.3, -0.25) is 9.79 Å². The third-order valence-corrected chi connectivity index (χ3v) is 6.48. The Hall–Kier alpha value is -1.40. The first-order chi connectivity index (χ1) is 13.9. The van der Waals surface area contributed by atoms with Gasteiger partial charge in [0.05, 0.1) is 17.6 Å². The molecule has 0 spiro atoms. The molecule has 2 atom stereocenters. The summed E-state index contributed by atoms with van der Waals surface area (Å²) in [7, 11) is -1.31. The third kappa shape index (κ3) is 10.1. The molecular formula is C20H33IN4O4S. The molecule has 2 rings (SSSR count). The predicted octanol–water partition coefficient (Wildman–Crippen LogP) is 1.63. The Bertz CT molecular complexity index is 774. The quantitative estimate of drug-likeness (QED) is 0.176. The van der Waals surface area contributed by atoms with Gasteiger partial charge in [0.15, 0.2) is 15.8 Å². The number of hydrogen-bond donors (Lipinski definition) is 3. The van der Waals surface area contributed by atoms with Gasteiger partial charge in [-0.1, -0.05) is 30.3 Å². The van der Waals surface area contributed by atoms with Gasteiger partial charge in [0.25, 0.3) is 0 Å². The molecule has 1 aromatic rings. The molecule has 1 heterocycles. The Balaban J connectivity index is 0.00000450. The molecule has 2 unspecified atom stereocenters. The number of carbonyl (C=O) groups is 1. The molecule has 10 heteroatoms. The van der Waals surface area contributed by atoms with Gasteiger partial charge in [-0.15, -0.1) is 24.0 Å². The lowest BCUT2D eigenvalue weighted by atomic mass is 10.1. The zero-order valence-corrected chi connectivity index (χ0v) is 20.7. The van der Waals surface area contributed by atoms with E-state index in [1.165, 1.54) is 0 Å². The van der Waals surface area contributed by atoms with E-state index in [1.807, 2.05) is 25.1 Å². The average Bonchev–Trinajstić information content (AvgIpc) is 3.04. The lowest BCUT2D eigenvalue weighted by Gasteiger charge is -2.15. The van der Waals surface area contributed by atoms with Gasteiger partial charge in [-0.2, -0.15) is 0 Å². The molecule has 3 N–H and O–H groups in total. The second kappa shape index (κ2) is 13.8. The summed E-state index contributed by atoms with van der Waals surface area (Å²) in [5, 5.41) is 9.05. The maximum Gasteiger partial charge on any atom is 0.222 e. The number of aliphatic imine (C=N–C) groups is 1. The van der Waals surface area contributed by atoms with Gasteiger partial charge >= 0.3 is 0 Å². The normalized spacial score (nSPS) is 18.9. The van der Waals surface area contributed by atoms with E-state index in [0.717, 1.165) is 12.0 Å². The van der Waals surface area contributed by atoms with Crippen molar-refractivity contribution in [1.82, 2.24) is 16.0 Å². The number of rotatable bonds is 10. The number of amides is 1. The van der Waals surface area contributed by atoms with Gasteiger partial charge < -0.3 is 20.7 Å². The Morgan fingerprint density at radius 3 is 2.57 bits per heavy atom. The number of benzene rings is 1. The molecule has 1 fully saturated rings. The van der Waals surface area contributed by atoms with Crippen LogP contribution in [0.3, 0.4) is 0 Å². The maximum absolute atomic E-state index is 11.9. The number of halogens is 1. The van der Waals surface area contributed by atoms with E-state index in [1.54, 1.807) is 7.05 Å². The third-order valence-electron chi connectivity index (χ3n) is 4.72. The van der Waals surface area contributed by atoms with Gasteiger partial charge in [0.2, 0.25) is 5.91 Å². The SMILES string of the molecule is CN=C(NCCCOC(C)c1ccccc1)NCCC(=O)NC1CCS(=O)(=O)C1.I. The van der Waals surface area contributed by atoms with Crippen LogP contribution < -0.4 is 16.0 Å². The number of guanidine groups is 1. The number of carbonyl (C=O) groups excluding carboxylic acids is 1. The Morgan fingerprint density at radius 1 is 1.23 bits per heavy atom. The van der Waals surface area contributed by atoms with Crippen LogP contribution in [0.2, 0.25) is 0 Å². The maximum atomic E-state index is 11.9. The van der Waals surface area contributed by atoms with E-state index >= 15 is 0 Å². The van der Waals surface area contributed by atoms with Crippen molar-refractivity contribution in [1.29, 1.82) is 0 Å². The molecule has 0 saturated carbocycles. The number of nitrogens with one attached hydrogen (secondary N) is 3. The number of hydrogen-bond acceptors (Lipinski definition) is 5. The van der Waals surface area contributed by atoms with Crippen molar-refractivity contribution in [3.05, 3.63) is 35.9 Å². The van der Waals surface area contributed by atoms with Crippen LogP contribution in [0.15, 0.2) is 35.3 Å². The van der Waals surface area contributed by atoms with Crippen LogP contribution in [0.5, 0.6) is 0 Å². The summed E-state index contributed by atoms with van der Waals surface area (Å²) in [5.74, 6) is 0.664. The number of ether oxygens (including phenoxy) is 1. The van der Waals surface area contributed by atoms with E-state index in [9.17, 15) is 13.2 Å². The van der Waals surface area contributed by atoms with Gasteiger partial charge in [0, 0.05) is 39.2 Å². The van der Waals surface area contributed by atoms with E-state index in [4.69, 9.17) is 4.74 Å². The van der Waals surface area contributed by atoms with Gasteiger partial charge in [-0.05, 0) is 25.3 Å². The monoisotopic (exact) mass is 552 g/mol. The molecule has 0 aliphatic carbocycles. The van der Waals surface area contributed by atoms with Crippen molar-refractivity contribution < 1.29 is 17.9 Å². The van der Waals surface area contributed by atoms with Crippen molar-refractivity contribution >= 4 is 45.7 Å². The highest BCUT2D eigenvalue weighted by molar-refractivity contribution is 14.0. The minimum Gasteiger partial charge on any atom is -0.374 e. The zero-order valence-electron chi connectivity index (χ0n) is 17.6. The smallest absolute Gasteiger partial charge is 0.222 e. The second-order valence-electron chi connectivity index (χ2n) is 7.12. The van der Waals surface area contributed by atoms with Crippen LogP contribution in [0.4, 0.5) is 0 Å². The molecule has 1 aliphatic rings. The second-order valence-corrected chi connectivity index (χ2v) is 9.35. The molecule has 1 amide bonds. The molecule has 1 aromatic carbocycles. The van der Waals surface area contributed by atoms with Crippen molar-refractivity contribution in [2.75, 3.05) is 38.2 Å². The fourth-order valence-electron chi connectivity index (χ4n) is 3.08. The highest BCUT2D eigenvalue weighted by Gasteiger charge is 2.28. The topological polar surface area (TPSA) is 109 Å². The van der Waals surface area contributed by atoms with E-state index in [-0.39, 0.29) is 60.0 Å². The van der Waals surface area contributed by atoms with Crippen LogP contribution in [0.1, 0.15) is 37.9 Å². The summed E-state index contributed by atoms with van der Waals surface area (Å²) in [6.07, 6.45) is 1.64. The first-order valence-electron chi connectivity index (χ1n) is 10.0. The summed E-state index contributed by atoms with van der Waals surface area (Å²) in [5.41, 5.74) is 1.16. The molecule has 0 bridgehead atoms. The predicted molar refractivity (Wildman–Crippen MR) is 130 cm³/mol. The molecule has 30 heavy (non-hydrogen) atoms. The lowest BCUT2D eigenvalue weighted by molar-refractivity contribution is -0.121. The number of nitrogens with zero attached hydrogens (tertiary/aromatic N) is 1. The Morgan fingerprint density at radius 2 is 1.93 bits per heavy atom. The standard InChI is InChI=1S/C20H32N4O4S.HI/c1-16(17-7-4-3-5-8-17)28-13-6-11-22-20(21-2)23-12-9-19(25)24-18-10-14-29(26,27)15-18;/h3-5,7-8,16,18H,6,9-15H2,1-2H3,(H,24,25)(H2,21,22,23);1H. The fourth-order valence-corrected chi connectivity index (χ4v) is 4.76. The molecule has 0 radical (unpaired) electrons. The van der Waals surface area contributed by atoms with Crippen LogP contribution in [0, 0.1) is 0 Å². The molecule has 1 aliphatic heterocycles. The van der Waals surface area contributed by atoms with Gasteiger partial charge in [-0.25, -0.2) is 8.42 Å². The van der Waals surface area contributed by atoms with E-state index in [2.05, 4.69) is 33.1 Å². The van der Waals surface area contributed by atoms with Crippen LogP contribution in [0.25, 0.3) is 0 Å². The van der Waals surface area contributed by atoms with Crippen molar-refractivity contribution in [3.63, 3.8) is 0 Å². The lowest BCUT2D eigenvalue weighted by Crippen LogP contribution is -2.41. The summed E-state index contributed by atoms with van der Waals surface area (Å²) < 4.78 is 28.7. The van der Waals surface area contributed by atoms with Gasteiger partial charge in [0.1, 0.15) is 0 Å². The molecule has 170 valence electrons. The minimum absolute atomic E-state index is 0. The largest absolute Gasteiger partial charge is 0.374 e. The molecular weight excluding hydrogens is 519 g/mol. The fraction of sp³-hybridized carbons (Fsp3) is 0.600. The van der Waals surface area contributed by atoms with Crippen molar-refractivity contribution in [2.45, 2.75) is 38.3 Å². The molecule has 1 saturated heterocycles. The zero-order chi connectivity index (χ0) is 21.1. The first-order valence-corrected chi connectivity index (χ1v) is 11.8. The number of sulfone groups is 1. The van der Waals surface area contributed by atoms with E-state index < -0.39 is 9.84 Å². The summed E-state index contributed by atoms with van der Waals surface area (Å²) in [6, 6.07) is 9.84. The van der Waals surface area contributed by atoms with Crippen LogP contribution in [-0.4, -0.2) is 64.6 Å². The van der Waals surface area contributed by atoms with Crippen LogP contribution >= 0.6 is 24.0 Å². The first kappa shape index (κ1) is 26.6. The average molecular weight is 552 g/mol. The van der Waals surface area contributed by atoms with Crippen molar-refractivity contribution in [3.8, 4) is 0 Å². The highest BCUT2D eigenvalue weighted by atomic mass is 127. The minimum atomic E-state index is -2.99. The summed E-state index contributed by atoms with van der Waals surface area (Å²) >= 11 is 0. The van der Waals surface area contributed by atoms with E-state index in [0.29, 0.717) is 32.1 Å².